The Morgan fingerprint density at radius 3 is 2.36 bits per heavy atom. The number of guanidine groups is 1. The number of morpholine rings is 1. The number of ether oxygens (including phenoxy) is 1. The van der Waals surface area contributed by atoms with Crippen molar-refractivity contribution in [3.63, 3.8) is 0 Å². The van der Waals surface area contributed by atoms with E-state index >= 15 is 0 Å². The number of halogens is 2. The van der Waals surface area contributed by atoms with Crippen LogP contribution < -0.4 is 10.6 Å². The molecule has 5 nitrogen and oxygen atoms in total. The van der Waals surface area contributed by atoms with Crippen LogP contribution in [0.5, 0.6) is 0 Å². The van der Waals surface area contributed by atoms with E-state index in [2.05, 4.69) is 34.4 Å². The predicted octanol–water partition coefficient (Wildman–Crippen LogP) is 3.00. The van der Waals surface area contributed by atoms with Crippen LogP contribution in [0.4, 0.5) is 4.39 Å². The van der Waals surface area contributed by atoms with Gasteiger partial charge in [0, 0.05) is 44.7 Å². The van der Waals surface area contributed by atoms with Gasteiger partial charge in [-0.05, 0) is 36.5 Å². The first-order valence-corrected chi connectivity index (χ1v) is 10.1. The number of hydrogen-bond donors (Lipinski definition) is 2. The Kier molecular flexibility index (Phi) is 8.95. The van der Waals surface area contributed by atoms with E-state index in [9.17, 15) is 4.39 Å². The summed E-state index contributed by atoms with van der Waals surface area (Å²) in [6, 6.07) is 7.39. The molecule has 28 heavy (non-hydrogen) atoms. The molecule has 1 atom stereocenters. The molecule has 1 aliphatic carbocycles. The second-order valence-corrected chi connectivity index (χ2v) is 8.05. The van der Waals surface area contributed by atoms with E-state index in [1.54, 1.807) is 12.1 Å². The van der Waals surface area contributed by atoms with Gasteiger partial charge in [0.25, 0.3) is 0 Å². The first-order valence-electron chi connectivity index (χ1n) is 10.1. The molecule has 0 amide bonds. The summed E-state index contributed by atoms with van der Waals surface area (Å²) in [7, 11) is 1.81. The summed E-state index contributed by atoms with van der Waals surface area (Å²) in [6.07, 6.45) is 2.26. The van der Waals surface area contributed by atoms with Gasteiger partial charge < -0.3 is 15.4 Å². The summed E-state index contributed by atoms with van der Waals surface area (Å²) in [6.45, 7) is 9.84. The highest BCUT2D eigenvalue weighted by Gasteiger charge is 2.44. The Labute approximate surface area is 185 Å². The number of aliphatic imine (C=N–C) groups is 1. The van der Waals surface area contributed by atoms with Gasteiger partial charge in [0.15, 0.2) is 5.96 Å². The third kappa shape index (κ3) is 6.03. The van der Waals surface area contributed by atoms with Crippen molar-refractivity contribution in [2.24, 2.45) is 10.9 Å². The average Bonchev–Trinajstić information content (AvgIpc) is 3.46. The van der Waals surface area contributed by atoms with Crippen LogP contribution in [0.2, 0.25) is 0 Å². The minimum absolute atomic E-state index is 0. The zero-order valence-electron chi connectivity index (χ0n) is 17.2. The molecule has 2 aliphatic rings. The Hall–Kier alpha value is -0.930. The molecule has 1 aromatic rings. The van der Waals surface area contributed by atoms with Gasteiger partial charge in [0.1, 0.15) is 5.82 Å². The van der Waals surface area contributed by atoms with E-state index in [0.29, 0.717) is 12.0 Å². The van der Waals surface area contributed by atoms with Crippen LogP contribution in [0, 0.1) is 11.7 Å². The van der Waals surface area contributed by atoms with Crippen LogP contribution in [0.1, 0.15) is 32.3 Å². The van der Waals surface area contributed by atoms with Crippen molar-refractivity contribution in [2.75, 3.05) is 46.4 Å². The second-order valence-electron chi connectivity index (χ2n) is 8.05. The Morgan fingerprint density at radius 1 is 1.18 bits per heavy atom. The van der Waals surface area contributed by atoms with E-state index in [-0.39, 0.29) is 35.2 Å². The Morgan fingerprint density at radius 2 is 1.82 bits per heavy atom. The molecule has 1 heterocycles. The number of benzene rings is 1. The van der Waals surface area contributed by atoms with Crippen molar-refractivity contribution >= 4 is 29.9 Å². The van der Waals surface area contributed by atoms with Gasteiger partial charge in [-0.1, -0.05) is 26.0 Å². The van der Waals surface area contributed by atoms with E-state index in [4.69, 9.17) is 4.74 Å². The van der Waals surface area contributed by atoms with Crippen molar-refractivity contribution in [3.05, 3.63) is 35.6 Å². The molecular weight excluding hydrogens is 470 g/mol. The quantitative estimate of drug-likeness (QED) is 0.341. The fraction of sp³-hybridized carbons (Fsp3) is 0.667. The lowest BCUT2D eigenvalue weighted by molar-refractivity contribution is 0.00752. The molecule has 0 bridgehead atoms. The van der Waals surface area contributed by atoms with Gasteiger partial charge >= 0.3 is 0 Å². The van der Waals surface area contributed by atoms with Crippen LogP contribution in [-0.4, -0.2) is 63.3 Å². The summed E-state index contributed by atoms with van der Waals surface area (Å²) >= 11 is 0. The van der Waals surface area contributed by atoms with Crippen LogP contribution >= 0.6 is 24.0 Å². The van der Waals surface area contributed by atoms with Crippen molar-refractivity contribution in [2.45, 2.75) is 38.1 Å². The SMILES string of the molecule is CN=C(NCC(C(C)C)N1CCOCC1)NCC1(c2ccc(F)cc2)CC1.I. The summed E-state index contributed by atoms with van der Waals surface area (Å²) in [5.41, 5.74) is 1.33. The maximum Gasteiger partial charge on any atom is 0.191 e. The van der Waals surface area contributed by atoms with Crippen molar-refractivity contribution < 1.29 is 9.13 Å². The number of nitrogens with one attached hydrogen (secondary N) is 2. The van der Waals surface area contributed by atoms with Crippen LogP contribution in [0.3, 0.4) is 0 Å². The zero-order valence-corrected chi connectivity index (χ0v) is 19.5. The maximum atomic E-state index is 13.2. The molecule has 1 saturated carbocycles. The molecule has 1 saturated heterocycles. The Balaban J connectivity index is 0.00000280. The Bertz CT molecular complexity index is 628. The topological polar surface area (TPSA) is 48.9 Å². The largest absolute Gasteiger partial charge is 0.379 e. The summed E-state index contributed by atoms with van der Waals surface area (Å²) in [4.78, 5) is 6.90. The highest BCUT2D eigenvalue weighted by Crippen LogP contribution is 2.47. The zero-order chi connectivity index (χ0) is 19.3. The van der Waals surface area contributed by atoms with Crippen molar-refractivity contribution in [1.29, 1.82) is 0 Å². The first kappa shape index (κ1) is 23.3. The van der Waals surface area contributed by atoms with Crippen molar-refractivity contribution in [1.82, 2.24) is 15.5 Å². The van der Waals surface area contributed by atoms with Gasteiger partial charge in [0.05, 0.1) is 13.2 Å². The third-order valence-electron chi connectivity index (χ3n) is 5.89. The molecule has 2 N–H and O–H groups in total. The predicted molar refractivity (Wildman–Crippen MR) is 123 cm³/mol. The molecule has 0 spiro atoms. The fourth-order valence-corrected chi connectivity index (χ4v) is 3.89. The molecule has 158 valence electrons. The minimum Gasteiger partial charge on any atom is -0.379 e. The highest BCUT2D eigenvalue weighted by atomic mass is 127. The third-order valence-corrected chi connectivity index (χ3v) is 5.89. The average molecular weight is 504 g/mol. The summed E-state index contributed by atoms with van der Waals surface area (Å²) in [5.74, 6) is 1.22. The molecule has 2 fully saturated rings. The van der Waals surface area contributed by atoms with Crippen LogP contribution in [0.25, 0.3) is 0 Å². The van der Waals surface area contributed by atoms with Crippen molar-refractivity contribution in [3.8, 4) is 0 Å². The van der Waals surface area contributed by atoms with Gasteiger partial charge in [0.2, 0.25) is 0 Å². The molecule has 1 aromatic carbocycles. The lowest BCUT2D eigenvalue weighted by atomic mass is 9.96. The molecule has 0 radical (unpaired) electrons. The van der Waals surface area contributed by atoms with Gasteiger partial charge in [-0.25, -0.2) is 4.39 Å². The summed E-state index contributed by atoms with van der Waals surface area (Å²) < 4.78 is 18.7. The fourth-order valence-electron chi connectivity index (χ4n) is 3.89. The van der Waals surface area contributed by atoms with Crippen LogP contribution in [0.15, 0.2) is 29.3 Å². The molecule has 1 aliphatic heterocycles. The first-order chi connectivity index (χ1) is 13.0. The lowest BCUT2D eigenvalue weighted by Crippen LogP contribution is -2.53. The molecule has 1 unspecified atom stereocenters. The molecule has 0 aromatic heterocycles. The molecule has 3 rings (SSSR count). The monoisotopic (exact) mass is 504 g/mol. The summed E-state index contributed by atoms with van der Waals surface area (Å²) in [5, 5.41) is 6.99. The number of nitrogens with zero attached hydrogens (tertiary/aromatic N) is 2. The van der Waals surface area contributed by atoms with E-state index < -0.39 is 0 Å². The molecule has 7 heteroatoms. The van der Waals surface area contributed by atoms with E-state index in [1.165, 1.54) is 5.56 Å². The van der Waals surface area contributed by atoms with Gasteiger partial charge in [-0.15, -0.1) is 24.0 Å². The normalized spacial score (nSPS) is 20.4. The maximum absolute atomic E-state index is 13.2. The smallest absolute Gasteiger partial charge is 0.191 e. The van der Waals surface area contributed by atoms with Crippen LogP contribution in [-0.2, 0) is 10.2 Å². The van der Waals surface area contributed by atoms with E-state index in [1.807, 2.05) is 19.2 Å². The van der Waals surface area contributed by atoms with Gasteiger partial charge in [-0.2, -0.15) is 0 Å². The highest BCUT2D eigenvalue weighted by molar-refractivity contribution is 14.0. The standard InChI is InChI=1S/C21H33FN4O.HI/c1-16(2)19(26-10-12-27-13-11-26)14-24-20(23-3)25-15-21(8-9-21)17-4-6-18(22)7-5-17;/h4-7,16,19H,8-15H2,1-3H3,(H2,23,24,25);1H. The molecular formula is C21H34FIN4O. The number of rotatable bonds is 7. The van der Waals surface area contributed by atoms with E-state index in [0.717, 1.165) is 58.2 Å². The lowest BCUT2D eigenvalue weighted by Gasteiger charge is -2.37. The number of hydrogen-bond acceptors (Lipinski definition) is 3. The minimum atomic E-state index is -0.178. The van der Waals surface area contributed by atoms with Gasteiger partial charge in [-0.3, -0.25) is 9.89 Å². The second kappa shape index (κ2) is 10.7.